The molecule has 0 fully saturated rings. The molecule has 282 valence electrons. The molecule has 9 nitrogen and oxygen atoms in total. The Morgan fingerprint density at radius 1 is 0.667 bits per heavy atom. The number of hydrogen-bond acceptors (Lipinski definition) is 8. The number of carbonyl (C=O) groups excluding carboxylic acids is 2. The second-order valence-electron chi connectivity index (χ2n) is 12.9. The van der Waals surface area contributed by atoms with Crippen molar-refractivity contribution in [2.75, 3.05) is 26.4 Å². The van der Waals surface area contributed by atoms with Gasteiger partial charge in [-0.25, -0.2) is 9.36 Å². The van der Waals surface area contributed by atoms with Gasteiger partial charge in [-0.05, 0) is 19.3 Å². The van der Waals surface area contributed by atoms with Crippen LogP contribution in [0.4, 0.5) is 0 Å². The van der Waals surface area contributed by atoms with Crippen molar-refractivity contribution in [3.8, 4) is 0 Å². The highest BCUT2D eigenvalue weighted by molar-refractivity contribution is 7.47. The van der Waals surface area contributed by atoms with E-state index in [-0.39, 0.29) is 26.2 Å². The third kappa shape index (κ3) is 34.4. The first-order valence-electron chi connectivity index (χ1n) is 19.4. The zero-order valence-electron chi connectivity index (χ0n) is 30.7. The summed E-state index contributed by atoms with van der Waals surface area (Å²) in [5, 5.41) is 0. The Hall–Kier alpha value is -1.51. The van der Waals surface area contributed by atoms with E-state index in [1.165, 1.54) is 128 Å². The summed E-state index contributed by atoms with van der Waals surface area (Å²) in [7, 11) is -4.39. The summed E-state index contributed by atoms with van der Waals surface area (Å²) in [6, 6.07) is 0. The predicted octanol–water partition coefficient (Wildman–Crippen LogP) is 10.4. The van der Waals surface area contributed by atoms with Crippen molar-refractivity contribution in [2.24, 2.45) is 5.73 Å². The molecule has 2 atom stereocenters. The summed E-state index contributed by atoms with van der Waals surface area (Å²) in [6.07, 6.45) is 35.5. The molecule has 0 saturated carbocycles. The molecule has 0 heterocycles. The molecule has 0 rings (SSSR count). The first kappa shape index (κ1) is 46.5. The number of phosphoric acid groups is 1. The van der Waals surface area contributed by atoms with E-state index in [4.69, 9.17) is 24.3 Å². The first-order valence-corrected chi connectivity index (χ1v) is 20.9. The Kier molecular flexibility index (Phi) is 34.2. The highest BCUT2D eigenvalue weighted by Crippen LogP contribution is 2.43. The third-order valence-corrected chi connectivity index (χ3v) is 9.18. The highest BCUT2D eigenvalue weighted by Gasteiger charge is 2.25. The molecule has 10 heteroatoms. The van der Waals surface area contributed by atoms with E-state index in [2.05, 4.69) is 13.8 Å². The molecular formula is C38H72NO8P. The molecule has 0 aromatic rings. The molecule has 3 N–H and O–H groups in total. The number of allylic oxidation sites excluding steroid dienone is 3. The van der Waals surface area contributed by atoms with E-state index in [1.54, 1.807) is 12.2 Å². The number of phosphoric ester groups is 1. The Morgan fingerprint density at radius 3 is 1.65 bits per heavy atom. The largest absolute Gasteiger partial charge is 0.472 e. The second kappa shape index (κ2) is 35.3. The third-order valence-electron chi connectivity index (χ3n) is 8.20. The smallest absolute Gasteiger partial charge is 0.462 e. The maximum absolute atomic E-state index is 12.4. The van der Waals surface area contributed by atoms with Crippen LogP contribution in [0.1, 0.15) is 174 Å². The van der Waals surface area contributed by atoms with E-state index < -0.39 is 32.5 Å². The lowest BCUT2D eigenvalue weighted by atomic mass is 10.0. The molecule has 0 aliphatic heterocycles. The van der Waals surface area contributed by atoms with Gasteiger partial charge in [-0.15, -0.1) is 0 Å². The number of esters is 2. The minimum Gasteiger partial charge on any atom is -0.462 e. The standard InChI is InChI=1S/C38H72NO8P/c1-3-5-7-9-11-13-15-17-18-19-21-23-25-27-29-31-38(41)47-36(35-46-48(42,43)45-33-32-39)34-44-37(40)30-28-26-24-22-20-16-14-12-10-8-6-4-2/h25,27,29,31,36H,3-24,26,28,30,32-35,39H2,1-2H3,(H,42,43)/b27-25+,31-29+/t36-/m1/s1. The minimum absolute atomic E-state index is 0.0423. The van der Waals surface area contributed by atoms with Gasteiger partial charge in [0.05, 0.1) is 13.2 Å². The van der Waals surface area contributed by atoms with E-state index in [0.29, 0.717) is 0 Å². The van der Waals surface area contributed by atoms with E-state index in [1.807, 2.05) is 6.08 Å². The van der Waals surface area contributed by atoms with Crippen molar-refractivity contribution >= 4 is 19.8 Å². The van der Waals surface area contributed by atoms with Crippen molar-refractivity contribution in [1.82, 2.24) is 0 Å². The van der Waals surface area contributed by atoms with Gasteiger partial charge in [-0.3, -0.25) is 13.8 Å². The SMILES string of the molecule is CCCCCCCCCCCCC/C=C/C=C/C(=O)O[C@H](COC(=O)CCCCCCCCCCCCCC)COP(=O)(O)OCCN. The normalized spacial score (nSPS) is 13.7. The summed E-state index contributed by atoms with van der Waals surface area (Å²) in [5.74, 6) is -1.08. The van der Waals surface area contributed by atoms with Crippen molar-refractivity contribution in [1.29, 1.82) is 0 Å². The van der Waals surface area contributed by atoms with Crippen LogP contribution in [0.25, 0.3) is 0 Å². The minimum atomic E-state index is -4.39. The van der Waals surface area contributed by atoms with Crippen LogP contribution in [0.5, 0.6) is 0 Å². The summed E-state index contributed by atoms with van der Waals surface area (Å²) in [5.41, 5.74) is 5.32. The Balaban J connectivity index is 4.32. The Bertz CT molecular complexity index is 851. The lowest BCUT2D eigenvalue weighted by molar-refractivity contribution is -0.157. The molecule has 0 aromatic heterocycles. The zero-order chi connectivity index (χ0) is 35.4. The summed E-state index contributed by atoms with van der Waals surface area (Å²) >= 11 is 0. The topological polar surface area (TPSA) is 134 Å². The van der Waals surface area contributed by atoms with Crippen LogP contribution in [0.15, 0.2) is 24.3 Å². The highest BCUT2D eigenvalue weighted by atomic mass is 31.2. The average Bonchev–Trinajstić information content (AvgIpc) is 3.07. The van der Waals surface area contributed by atoms with Gasteiger partial charge < -0.3 is 20.1 Å². The monoisotopic (exact) mass is 701 g/mol. The number of rotatable bonds is 36. The first-order chi connectivity index (χ1) is 23.3. The summed E-state index contributed by atoms with van der Waals surface area (Å²) < 4.78 is 32.4. The van der Waals surface area contributed by atoms with Crippen LogP contribution in [-0.4, -0.2) is 49.3 Å². The number of unbranched alkanes of at least 4 members (excludes halogenated alkanes) is 22. The van der Waals surface area contributed by atoms with Gasteiger partial charge >= 0.3 is 19.8 Å². The van der Waals surface area contributed by atoms with Crippen molar-refractivity contribution in [2.45, 2.75) is 180 Å². The Morgan fingerprint density at radius 2 is 1.15 bits per heavy atom. The lowest BCUT2D eigenvalue weighted by Gasteiger charge is -2.19. The summed E-state index contributed by atoms with van der Waals surface area (Å²) in [4.78, 5) is 34.5. The quantitative estimate of drug-likeness (QED) is 0.0215. The molecule has 1 unspecified atom stereocenters. The fraction of sp³-hybridized carbons (Fsp3) is 0.842. The molecule has 0 spiro atoms. The number of ether oxygens (including phenoxy) is 2. The van der Waals surface area contributed by atoms with Gasteiger partial charge in [0.2, 0.25) is 0 Å². The van der Waals surface area contributed by atoms with Crippen LogP contribution >= 0.6 is 7.82 Å². The van der Waals surface area contributed by atoms with Crippen LogP contribution < -0.4 is 5.73 Å². The van der Waals surface area contributed by atoms with Gasteiger partial charge in [0, 0.05) is 19.0 Å². The van der Waals surface area contributed by atoms with E-state index >= 15 is 0 Å². The van der Waals surface area contributed by atoms with Crippen LogP contribution in [0.3, 0.4) is 0 Å². The fourth-order valence-electron chi connectivity index (χ4n) is 5.31. The van der Waals surface area contributed by atoms with Crippen LogP contribution in [0, 0.1) is 0 Å². The van der Waals surface area contributed by atoms with E-state index in [0.717, 1.165) is 32.1 Å². The second-order valence-corrected chi connectivity index (χ2v) is 14.3. The lowest BCUT2D eigenvalue weighted by Crippen LogP contribution is -2.29. The van der Waals surface area contributed by atoms with Gasteiger partial charge in [-0.1, -0.05) is 167 Å². The molecular weight excluding hydrogens is 629 g/mol. The molecule has 0 aliphatic rings. The average molecular weight is 702 g/mol. The van der Waals surface area contributed by atoms with Crippen molar-refractivity contribution in [3.05, 3.63) is 24.3 Å². The maximum Gasteiger partial charge on any atom is 0.472 e. The van der Waals surface area contributed by atoms with Crippen molar-refractivity contribution in [3.63, 3.8) is 0 Å². The molecule has 0 bridgehead atoms. The molecule has 0 radical (unpaired) electrons. The van der Waals surface area contributed by atoms with Gasteiger partial charge in [-0.2, -0.15) is 0 Å². The number of carbonyl (C=O) groups is 2. The number of hydrogen-bond donors (Lipinski definition) is 2. The molecule has 0 amide bonds. The van der Waals surface area contributed by atoms with Crippen molar-refractivity contribution < 1.29 is 37.6 Å². The summed E-state index contributed by atoms with van der Waals surface area (Å²) in [6.45, 7) is 3.60. The maximum atomic E-state index is 12.4. The van der Waals surface area contributed by atoms with Gasteiger partial charge in [0.1, 0.15) is 6.61 Å². The molecule has 0 saturated heterocycles. The fourth-order valence-corrected chi connectivity index (χ4v) is 6.07. The zero-order valence-corrected chi connectivity index (χ0v) is 31.6. The number of nitrogens with two attached hydrogens (primary N) is 1. The molecule has 0 aliphatic carbocycles. The predicted molar refractivity (Wildman–Crippen MR) is 197 cm³/mol. The van der Waals surface area contributed by atoms with Crippen LogP contribution in [0.2, 0.25) is 0 Å². The van der Waals surface area contributed by atoms with Gasteiger partial charge in [0.15, 0.2) is 6.10 Å². The Labute approximate surface area is 293 Å². The van der Waals surface area contributed by atoms with Crippen LogP contribution in [-0.2, 0) is 32.7 Å². The van der Waals surface area contributed by atoms with E-state index in [9.17, 15) is 19.0 Å². The molecule has 0 aromatic carbocycles. The molecule has 48 heavy (non-hydrogen) atoms. The van der Waals surface area contributed by atoms with Gasteiger partial charge in [0.25, 0.3) is 0 Å².